The molecule has 0 saturated carbocycles. The van der Waals surface area contributed by atoms with E-state index in [1.165, 1.54) is 12.1 Å². The van der Waals surface area contributed by atoms with Gasteiger partial charge in [-0.3, -0.25) is 4.79 Å². The lowest BCUT2D eigenvalue weighted by Gasteiger charge is -2.59. The van der Waals surface area contributed by atoms with Gasteiger partial charge in [0, 0.05) is 24.5 Å². The van der Waals surface area contributed by atoms with Crippen LogP contribution in [0.5, 0.6) is 0 Å². The number of amides is 3. The summed E-state index contributed by atoms with van der Waals surface area (Å²) < 4.78 is 13.9. The van der Waals surface area contributed by atoms with E-state index in [-0.39, 0.29) is 23.8 Å². The number of benzene rings is 3. The quantitative estimate of drug-likeness (QED) is 0.580. The number of rotatable bonds is 3. The number of anilines is 2. The fraction of sp³-hybridized carbons (Fsp3) is 0.231. The summed E-state index contributed by atoms with van der Waals surface area (Å²) in [7, 11) is 0. The minimum absolute atomic E-state index is 0.0000654. The van der Waals surface area contributed by atoms with Gasteiger partial charge in [0.25, 0.3) is 0 Å². The Hall–Kier alpha value is -3.67. The summed E-state index contributed by atoms with van der Waals surface area (Å²) in [6, 6.07) is 25.1. The number of nitrogens with zero attached hydrogens (tertiary/aromatic N) is 2. The van der Waals surface area contributed by atoms with Crippen molar-refractivity contribution in [1.29, 1.82) is 0 Å². The van der Waals surface area contributed by atoms with E-state index < -0.39 is 5.41 Å². The van der Waals surface area contributed by atoms with Gasteiger partial charge < -0.3 is 15.1 Å². The number of piperidine rings is 1. The van der Waals surface area contributed by atoms with Crippen molar-refractivity contribution in [2.45, 2.75) is 18.9 Å². The van der Waals surface area contributed by atoms with Gasteiger partial charge in [0.2, 0.25) is 5.91 Å². The molecular weight excluding hydrogens is 405 g/mol. The zero-order chi connectivity index (χ0) is 22.1. The van der Waals surface area contributed by atoms with Gasteiger partial charge in [0.15, 0.2) is 0 Å². The number of para-hydroxylation sites is 1. The van der Waals surface area contributed by atoms with Crippen molar-refractivity contribution in [1.82, 2.24) is 4.90 Å². The number of hydrogen-bond donors (Lipinski definition) is 1. The molecule has 5 nitrogen and oxygen atoms in total. The van der Waals surface area contributed by atoms with Gasteiger partial charge in [-0.05, 0) is 48.7 Å². The molecule has 3 aromatic carbocycles. The van der Waals surface area contributed by atoms with Crippen LogP contribution >= 0.6 is 0 Å². The molecule has 0 bridgehead atoms. The van der Waals surface area contributed by atoms with Crippen LogP contribution in [0.1, 0.15) is 24.4 Å². The average Bonchev–Trinajstić information content (AvgIpc) is 2.83. The van der Waals surface area contributed by atoms with Crippen molar-refractivity contribution >= 4 is 23.3 Å². The summed E-state index contributed by atoms with van der Waals surface area (Å²) in [5.74, 6) is -0.365. The average molecular weight is 429 g/mol. The molecule has 1 N–H and O–H groups in total. The number of halogens is 1. The lowest BCUT2D eigenvalue weighted by Crippen LogP contribution is -2.67. The summed E-state index contributed by atoms with van der Waals surface area (Å²) in [5, 5.41) is 2.92. The number of nitrogens with one attached hydrogen (secondary N) is 1. The maximum atomic E-state index is 13.9. The maximum Gasteiger partial charge on any atom is 0.321 e. The topological polar surface area (TPSA) is 52.7 Å². The van der Waals surface area contributed by atoms with Gasteiger partial charge >= 0.3 is 6.03 Å². The number of hydrogen-bond acceptors (Lipinski definition) is 2. The van der Waals surface area contributed by atoms with Crippen LogP contribution in [0.3, 0.4) is 0 Å². The van der Waals surface area contributed by atoms with Crippen LogP contribution in [0.25, 0.3) is 0 Å². The largest absolute Gasteiger partial charge is 0.324 e. The first-order valence-electron chi connectivity index (χ1n) is 10.8. The molecule has 2 aliphatic rings. The molecule has 2 saturated heterocycles. The predicted molar refractivity (Wildman–Crippen MR) is 122 cm³/mol. The van der Waals surface area contributed by atoms with Crippen LogP contribution in [0.2, 0.25) is 0 Å². The molecule has 0 aliphatic carbocycles. The van der Waals surface area contributed by atoms with E-state index in [4.69, 9.17) is 0 Å². The Morgan fingerprint density at radius 2 is 1.56 bits per heavy atom. The molecule has 162 valence electrons. The predicted octanol–water partition coefficient (Wildman–Crippen LogP) is 5.23. The molecule has 0 radical (unpaired) electrons. The highest BCUT2D eigenvalue weighted by Gasteiger charge is 2.62. The zero-order valence-electron chi connectivity index (χ0n) is 17.6. The lowest BCUT2D eigenvalue weighted by atomic mass is 9.62. The van der Waals surface area contributed by atoms with Gasteiger partial charge in [0.05, 0.1) is 11.5 Å². The summed E-state index contributed by atoms with van der Waals surface area (Å²) in [6.07, 6.45) is 1.14. The molecule has 3 aromatic rings. The fourth-order valence-electron chi connectivity index (χ4n) is 4.97. The van der Waals surface area contributed by atoms with E-state index in [9.17, 15) is 14.0 Å². The van der Waals surface area contributed by atoms with Crippen LogP contribution in [-0.2, 0) is 4.79 Å². The normalized spacial score (nSPS) is 19.5. The van der Waals surface area contributed by atoms with E-state index in [0.29, 0.717) is 31.6 Å². The minimum atomic E-state index is -0.586. The molecule has 1 spiro atoms. The lowest BCUT2D eigenvalue weighted by molar-refractivity contribution is -0.144. The first kappa shape index (κ1) is 20.2. The first-order valence-corrected chi connectivity index (χ1v) is 10.8. The maximum absolute atomic E-state index is 13.9. The molecular formula is C26H24FN3O2. The van der Waals surface area contributed by atoms with Gasteiger partial charge in [-0.1, -0.05) is 54.6 Å². The number of carbonyl (C=O) groups is 2. The third kappa shape index (κ3) is 3.42. The molecule has 2 fully saturated rings. The van der Waals surface area contributed by atoms with Crippen molar-refractivity contribution in [3.63, 3.8) is 0 Å². The molecule has 1 unspecified atom stereocenters. The minimum Gasteiger partial charge on any atom is -0.324 e. The Bertz CT molecular complexity index is 1130. The highest BCUT2D eigenvalue weighted by molar-refractivity contribution is 6.06. The van der Waals surface area contributed by atoms with Crippen LogP contribution < -0.4 is 10.2 Å². The van der Waals surface area contributed by atoms with E-state index >= 15 is 0 Å². The van der Waals surface area contributed by atoms with Crippen LogP contribution in [0, 0.1) is 11.2 Å². The summed E-state index contributed by atoms with van der Waals surface area (Å²) in [5.41, 5.74) is 1.76. The second kappa shape index (κ2) is 8.11. The fourth-order valence-corrected chi connectivity index (χ4v) is 4.97. The van der Waals surface area contributed by atoms with Gasteiger partial charge in [-0.2, -0.15) is 0 Å². The second-order valence-electron chi connectivity index (χ2n) is 8.41. The van der Waals surface area contributed by atoms with Crippen molar-refractivity contribution in [3.8, 4) is 0 Å². The van der Waals surface area contributed by atoms with E-state index in [1.54, 1.807) is 21.9 Å². The van der Waals surface area contributed by atoms with E-state index in [2.05, 4.69) is 5.32 Å². The monoisotopic (exact) mass is 429 g/mol. The van der Waals surface area contributed by atoms with Crippen LogP contribution in [0.15, 0.2) is 84.9 Å². The van der Waals surface area contributed by atoms with Crippen molar-refractivity contribution in [2.24, 2.45) is 5.41 Å². The number of β-lactam (4-membered cyclic amide) rings is 1. The standard InChI is InChI=1S/C26H24FN3O2/c27-20-10-7-13-22(18-20)30-23(19-8-3-1-4-9-19)26(24(30)31)14-16-29(17-15-26)25(32)28-21-11-5-2-6-12-21/h1-13,18,23H,14-17H2,(H,28,32). The third-order valence-corrected chi connectivity index (χ3v) is 6.60. The van der Waals surface area contributed by atoms with Crippen molar-refractivity contribution in [3.05, 3.63) is 96.3 Å². The van der Waals surface area contributed by atoms with Crippen molar-refractivity contribution < 1.29 is 14.0 Å². The highest BCUT2D eigenvalue weighted by Crippen LogP contribution is 2.57. The van der Waals surface area contributed by atoms with E-state index in [1.807, 2.05) is 60.7 Å². The highest BCUT2D eigenvalue weighted by atomic mass is 19.1. The Balaban J connectivity index is 1.38. The molecule has 2 heterocycles. The second-order valence-corrected chi connectivity index (χ2v) is 8.41. The Morgan fingerprint density at radius 1 is 0.906 bits per heavy atom. The first-order chi connectivity index (χ1) is 15.6. The number of urea groups is 1. The Morgan fingerprint density at radius 3 is 2.22 bits per heavy atom. The molecule has 2 aliphatic heterocycles. The zero-order valence-corrected chi connectivity index (χ0v) is 17.6. The van der Waals surface area contributed by atoms with E-state index in [0.717, 1.165) is 11.3 Å². The third-order valence-electron chi connectivity index (χ3n) is 6.60. The smallest absolute Gasteiger partial charge is 0.321 e. The SMILES string of the molecule is O=C(Nc1ccccc1)N1CCC2(CC1)C(=O)N(c1cccc(F)c1)C2c1ccccc1. The van der Waals surface area contributed by atoms with Gasteiger partial charge in [0.1, 0.15) is 5.82 Å². The Labute approximate surface area is 186 Å². The molecule has 0 aromatic heterocycles. The van der Waals surface area contributed by atoms with Gasteiger partial charge in [-0.15, -0.1) is 0 Å². The summed E-state index contributed by atoms with van der Waals surface area (Å²) in [6.45, 7) is 0.982. The molecule has 5 rings (SSSR count). The summed E-state index contributed by atoms with van der Waals surface area (Å²) in [4.78, 5) is 29.7. The van der Waals surface area contributed by atoms with Crippen LogP contribution in [-0.4, -0.2) is 29.9 Å². The number of carbonyl (C=O) groups excluding carboxylic acids is 2. The van der Waals surface area contributed by atoms with Gasteiger partial charge in [-0.25, -0.2) is 9.18 Å². The Kier molecular flexibility index (Phi) is 5.13. The molecule has 6 heteroatoms. The molecule has 32 heavy (non-hydrogen) atoms. The summed E-state index contributed by atoms with van der Waals surface area (Å²) >= 11 is 0. The van der Waals surface area contributed by atoms with Crippen molar-refractivity contribution in [2.75, 3.05) is 23.3 Å². The number of likely N-dealkylation sites (tertiary alicyclic amines) is 1. The molecule has 3 amide bonds. The molecule has 1 atom stereocenters. The van der Waals surface area contributed by atoms with Crippen LogP contribution in [0.4, 0.5) is 20.6 Å².